The first-order valence-corrected chi connectivity index (χ1v) is 8.65. The molecule has 0 aliphatic rings. The Kier molecular flexibility index (Phi) is 4.43. The van der Waals surface area contributed by atoms with Crippen LogP contribution in [0.1, 0.15) is 5.56 Å². The highest BCUT2D eigenvalue weighted by Crippen LogP contribution is 2.26. The summed E-state index contributed by atoms with van der Waals surface area (Å²) >= 11 is 5.32. The van der Waals surface area contributed by atoms with E-state index in [1.54, 1.807) is 19.4 Å². The third-order valence-corrected chi connectivity index (χ3v) is 4.49. The lowest BCUT2D eigenvalue weighted by Gasteiger charge is -2.06. The van der Waals surface area contributed by atoms with Gasteiger partial charge in [0, 0.05) is 11.1 Å². The van der Waals surface area contributed by atoms with Crippen LogP contribution in [0.5, 0.6) is 11.5 Å². The molecule has 3 aromatic carbocycles. The molecule has 7 heteroatoms. The van der Waals surface area contributed by atoms with Gasteiger partial charge >= 0.3 is 0 Å². The van der Waals surface area contributed by atoms with Gasteiger partial charge in [0.2, 0.25) is 4.77 Å². The van der Waals surface area contributed by atoms with Gasteiger partial charge in [0.1, 0.15) is 11.5 Å². The van der Waals surface area contributed by atoms with Crippen molar-refractivity contribution in [3.63, 3.8) is 0 Å². The quantitative estimate of drug-likeness (QED) is 0.410. The molecule has 0 bridgehead atoms. The molecule has 0 fully saturated rings. The molecule has 0 spiro atoms. The Balaban J connectivity index is 1.82. The highest BCUT2D eigenvalue weighted by atomic mass is 32.1. The van der Waals surface area contributed by atoms with Gasteiger partial charge in [0.15, 0.2) is 5.82 Å². The van der Waals surface area contributed by atoms with Crippen molar-refractivity contribution in [2.24, 2.45) is 5.10 Å². The first kappa shape index (κ1) is 17.0. The fourth-order valence-corrected chi connectivity index (χ4v) is 3.06. The van der Waals surface area contributed by atoms with E-state index in [4.69, 9.17) is 17.0 Å². The number of benzene rings is 3. The van der Waals surface area contributed by atoms with Crippen LogP contribution in [-0.4, -0.2) is 33.3 Å². The first-order valence-electron chi connectivity index (χ1n) is 8.24. The number of aromatic amines is 1. The highest BCUT2D eigenvalue weighted by Gasteiger charge is 2.10. The molecule has 0 atom stereocenters. The van der Waals surface area contributed by atoms with Crippen molar-refractivity contribution in [3.8, 4) is 22.9 Å². The molecule has 6 nitrogen and oxygen atoms in total. The van der Waals surface area contributed by atoms with E-state index in [-0.39, 0.29) is 5.75 Å². The van der Waals surface area contributed by atoms with Crippen LogP contribution in [-0.2, 0) is 0 Å². The van der Waals surface area contributed by atoms with Crippen LogP contribution in [0.15, 0.2) is 65.8 Å². The van der Waals surface area contributed by atoms with Gasteiger partial charge in [-0.1, -0.05) is 42.5 Å². The lowest BCUT2D eigenvalue weighted by molar-refractivity contribution is 0.415. The average Bonchev–Trinajstić information content (AvgIpc) is 3.08. The van der Waals surface area contributed by atoms with E-state index in [9.17, 15) is 5.11 Å². The summed E-state index contributed by atoms with van der Waals surface area (Å²) in [6, 6.07) is 18.8. The Labute approximate surface area is 160 Å². The Bertz CT molecular complexity index is 1210. The molecule has 4 rings (SSSR count). The number of aromatic hydroxyl groups is 1. The van der Waals surface area contributed by atoms with Gasteiger partial charge in [-0.05, 0) is 41.2 Å². The second-order valence-corrected chi connectivity index (χ2v) is 6.25. The summed E-state index contributed by atoms with van der Waals surface area (Å²) in [4.78, 5) is 0. The lowest BCUT2D eigenvalue weighted by Crippen LogP contribution is -1.96. The van der Waals surface area contributed by atoms with Crippen molar-refractivity contribution >= 4 is 29.2 Å². The van der Waals surface area contributed by atoms with Gasteiger partial charge in [0.05, 0.1) is 13.3 Å². The van der Waals surface area contributed by atoms with Gasteiger partial charge in [-0.25, -0.2) is 5.10 Å². The number of aromatic nitrogens is 3. The van der Waals surface area contributed by atoms with Crippen molar-refractivity contribution in [1.82, 2.24) is 14.9 Å². The molecule has 1 aromatic heterocycles. The number of phenolic OH excluding ortho intramolecular Hbond substituents is 1. The molecule has 0 radical (unpaired) electrons. The minimum absolute atomic E-state index is 0.149. The predicted octanol–water partition coefficient (Wildman–Crippen LogP) is 4.36. The number of fused-ring (bicyclic) bond motifs is 1. The van der Waals surface area contributed by atoms with E-state index < -0.39 is 0 Å². The number of hydrogen-bond donors (Lipinski definition) is 2. The average molecular weight is 376 g/mol. The van der Waals surface area contributed by atoms with Gasteiger partial charge in [0.25, 0.3) is 0 Å². The number of phenols is 1. The smallest absolute Gasteiger partial charge is 0.216 e. The summed E-state index contributed by atoms with van der Waals surface area (Å²) in [5, 5.41) is 23.7. The summed E-state index contributed by atoms with van der Waals surface area (Å²) in [6.07, 6.45) is 1.59. The van der Waals surface area contributed by atoms with Crippen LogP contribution in [0, 0.1) is 4.77 Å². The Morgan fingerprint density at radius 2 is 2.00 bits per heavy atom. The van der Waals surface area contributed by atoms with Crippen LogP contribution in [0.3, 0.4) is 0 Å². The van der Waals surface area contributed by atoms with E-state index in [0.29, 0.717) is 21.9 Å². The van der Waals surface area contributed by atoms with Crippen LogP contribution in [0.4, 0.5) is 0 Å². The van der Waals surface area contributed by atoms with E-state index in [1.807, 2.05) is 54.6 Å². The molecule has 0 unspecified atom stereocenters. The standard InChI is InChI=1S/C20H16N4O2S/c1-26-15-7-4-6-14(11-15)19-22-23-20(27)24(19)21-12-17-16-8-3-2-5-13(16)9-10-18(17)25/h2-12,25H,1H3,(H,23,27)/b21-12-. The van der Waals surface area contributed by atoms with Gasteiger partial charge < -0.3 is 9.84 Å². The van der Waals surface area contributed by atoms with E-state index in [1.165, 1.54) is 4.68 Å². The maximum Gasteiger partial charge on any atom is 0.216 e. The monoisotopic (exact) mass is 376 g/mol. The van der Waals surface area contributed by atoms with Gasteiger partial charge in [-0.15, -0.1) is 0 Å². The first-order chi connectivity index (χ1) is 13.2. The van der Waals surface area contributed by atoms with Gasteiger partial charge in [-0.3, -0.25) is 0 Å². The molecule has 0 amide bonds. The van der Waals surface area contributed by atoms with Gasteiger partial charge in [-0.2, -0.15) is 14.9 Å². The molecule has 27 heavy (non-hydrogen) atoms. The molecular formula is C20H16N4O2S. The summed E-state index contributed by atoms with van der Waals surface area (Å²) in [6.45, 7) is 0. The van der Waals surface area contributed by atoms with Crippen LogP contribution < -0.4 is 4.74 Å². The predicted molar refractivity (Wildman–Crippen MR) is 108 cm³/mol. The second-order valence-electron chi connectivity index (χ2n) is 5.86. The van der Waals surface area contributed by atoms with Crippen molar-refractivity contribution in [2.75, 3.05) is 7.11 Å². The number of nitrogens with zero attached hydrogens (tertiary/aromatic N) is 3. The van der Waals surface area contributed by atoms with Crippen molar-refractivity contribution in [2.45, 2.75) is 0 Å². The minimum Gasteiger partial charge on any atom is -0.507 e. The fourth-order valence-electron chi connectivity index (χ4n) is 2.88. The Hall–Kier alpha value is -3.45. The molecule has 134 valence electrons. The zero-order valence-corrected chi connectivity index (χ0v) is 15.3. The Morgan fingerprint density at radius 1 is 1.15 bits per heavy atom. The molecule has 0 aliphatic carbocycles. The summed E-state index contributed by atoms with van der Waals surface area (Å²) in [5.41, 5.74) is 1.42. The molecule has 0 aliphatic heterocycles. The van der Waals surface area contributed by atoms with Crippen LogP contribution in [0.25, 0.3) is 22.2 Å². The Morgan fingerprint density at radius 3 is 2.85 bits per heavy atom. The molecule has 4 aromatic rings. The number of H-pyrrole nitrogens is 1. The number of nitrogens with one attached hydrogen (secondary N) is 1. The molecule has 1 heterocycles. The fraction of sp³-hybridized carbons (Fsp3) is 0.0500. The number of methoxy groups -OCH3 is 1. The normalized spacial score (nSPS) is 11.3. The third kappa shape index (κ3) is 3.20. The molecule has 0 saturated heterocycles. The highest BCUT2D eigenvalue weighted by molar-refractivity contribution is 7.71. The van der Waals surface area contributed by atoms with Crippen molar-refractivity contribution in [1.29, 1.82) is 0 Å². The van der Waals surface area contributed by atoms with Crippen LogP contribution >= 0.6 is 12.2 Å². The number of hydrogen-bond acceptors (Lipinski definition) is 5. The maximum absolute atomic E-state index is 10.3. The topological polar surface area (TPSA) is 75.4 Å². The largest absolute Gasteiger partial charge is 0.507 e. The van der Waals surface area contributed by atoms with Crippen molar-refractivity contribution in [3.05, 3.63) is 71.0 Å². The zero-order valence-electron chi connectivity index (χ0n) is 14.5. The van der Waals surface area contributed by atoms with Crippen LogP contribution in [0.2, 0.25) is 0 Å². The summed E-state index contributed by atoms with van der Waals surface area (Å²) in [5.74, 6) is 1.41. The third-order valence-electron chi connectivity index (χ3n) is 4.23. The summed E-state index contributed by atoms with van der Waals surface area (Å²) in [7, 11) is 1.61. The lowest BCUT2D eigenvalue weighted by atomic mass is 10.0. The minimum atomic E-state index is 0.149. The SMILES string of the molecule is COc1cccc(-c2n[nH]c(=S)n2/N=C\c2c(O)ccc3ccccc23)c1. The molecular weight excluding hydrogens is 360 g/mol. The number of rotatable bonds is 4. The van der Waals surface area contributed by atoms with E-state index >= 15 is 0 Å². The zero-order chi connectivity index (χ0) is 18.8. The molecule has 2 N–H and O–H groups in total. The second kappa shape index (κ2) is 7.05. The maximum atomic E-state index is 10.3. The number of ether oxygens (including phenoxy) is 1. The van der Waals surface area contributed by atoms with E-state index in [0.717, 1.165) is 16.3 Å². The molecule has 0 saturated carbocycles. The van der Waals surface area contributed by atoms with E-state index in [2.05, 4.69) is 15.3 Å². The summed E-state index contributed by atoms with van der Waals surface area (Å²) < 4.78 is 7.14. The van der Waals surface area contributed by atoms with Crippen molar-refractivity contribution < 1.29 is 9.84 Å².